The first-order valence-corrected chi connectivity index (χ1v) is 4.39. The predicted octanol–water partition coefficient (Wildman–Crippen LogP) is 2.11. The third-order valence-corrected chi connectivity index (χ3v) is 2.34. The van der Waals surface area contributed by atoms with Crippen molar-refractivity contribution in [2.45, 2.75) is 6.43 Å². The Morgan fingerprint density at radius 2 is 2.21 bits per heavy atom. The second kappa shape index (κ2) is 3.98. The number of nitrogen functional groups attached to an aromatic ring is 1. The smallest absolute Gasteiger partial charge is 0.374 e. The number of rotatable bonds is 2. The molecule has 0 saturated heterocycles. The van der Waals surface area contributed by atoms with Gasteiger partial charge >= 0.3 is 5.82 Å². The molecule has 1 rings (SSSR count). The van der Waals surface area contributed by atoms with Gasteiger partial charge in [0.25, 0.3) is 6.43 Å². The lowest BCUT2D eigenvalue weighted by Crippen LogP contribution is -2.05. The van der Waals surface area contributed by atoms with Crippen molar-refractivity contribution in [3.8, 4) is 0 Å². The molecule has 0 amide bonds. The lowest BCUT2D eigenvalue weighted by atomic mass is 10.2. The molecule has 1 aromatic rings. The van der Waals surface area contributed by atoms with Crippen molar-refractivity contribution in [2.24, 2.45) is 0 Å². The van der Waals surface area contributed by atoms with E-state index in [-0.39, 0.29) is 9.26 Å². The Morgan fingerprint density at radius 1 is 1.64 bits per heavy atom. The van der Waals surface area contributed by atoms with Crippen molar-refractivity contribution in [1.29, 1.82) is 0 Å². The fraction of sp³-hybridized carbons (Fsp3) is 0.167. The summed E-state index contributed by atoms with van der Waals surface area (Å²) in [6, 6.07) is 0. The summed E-state index contributed by atoms with van der Waals surface area (Å²) in [5.41, 5.74) is 4.18. The van der Waals surface area contributed by atoms with Gasteiger partial charge in [-0.1, -0.05) is 0 Å². The summed E-state index contributed by atoms with van der Waals surface area (Å²) in [5, 5.41) is 10.3. The van der Waals surface area contributed by atoms with Crippen LogP contribution in [0.15, 0.2) is 6.20 Å². The van der Waals surface area contributed by atoms with Gasteiger partial charge in [0, 0.05) is 0 Å². The van der Waals surface area contributed by atoms with Gasteiger partial charge in [-0.2, -0.15) is 0 Å². The number of anilines is 1. The molecule has 76 valence electrons. The predicted molar refractivity (Wildman–Crippen MR) is 53.0 cm³/mol. The molecule has 0 spiro atoms. The highest BCUT2D eigenvalue weighted by atomic mass is 127. The number of nitrogens with zero attached hydrogens (tertiary/aromatic N) is 2. The van der Waals surface area contributed by atoms with Crippen molar-refractivity contribution < 1.29 is 13.7 Å². The molecule has 8 heteroatoms. The molecule has 0 aliphatic rings. The van der Waals surface area contributed by atoms with E-state index in [2.05, 4.69) is 4.98 Å². The maximum atomic E-state index is 12.4. The van der Waals surface area contributed by atoms with Crippen LogP contribution in [0.5, 0.6) is 0 Å². The highest BCUT2D eigenvalue weighted by Gasteiger charge is 2.27. The fourth-order valence-electron chi connectivity index (χ4n) is 0.867. The number of hydrogen-bond acceptors (Lipinski definition) is 4. The van der Waals surface area contributed by atoms with Crippen LogP contribution in [0.25, 0.3) is 0 Å². The van der Waals surface area contributed by atoms with E-state index >= 15 is 0 Å². The molecule has 0 radical (unpaired) electrons. The molecule has 0 aromatic carbocycles. The van der Waals surface area contributed by atoms with Crippen molar-refractivity contribution in [3.05, 3.63) is 25.4 Å². The molecule has 0 atom stereocenters. The van der Waals surface area contributed by atoms with Crippen molar-refractivity contribution in [3.63, 3.8) is 0 Å². The highest BCUT2D eigenvalue weighted by molar-refractivity contribution is 14.1. The van der Waals surface area contributed by atoms with E-state index in [1.807, 2.05) is 0 Å². The molecule has 1 aromatic heterocycles. The van der Waals surface area contributed by atoms with Crippen LogP contribution in [0.2, 0.25) is 0 Å². The quantitative estimate of drug-likeness (QED) is 0.515. The van der Waals surface area contributed by atoms with Gasteiger partial charge in [0.15, 0.2) is 6.20 Å². The van der Waals surface area contributed by atoms with Crippen LogP contribution in [0.3, 0.4) is 0 Å². The van der Waals surface area contributed by atoms with Crippen molar-refractivity contribution in [1.82, 2.24) is 4.98 Å². The summed E-state index contributed by atoms with van der Waals surface area (Å²) >= 11 is 1.68. The van der Waals surface area contributed by atoms with Gasteiger partial charge in [0.2, 0.25) is 0 Å². The van der Waals surface area contributed by atoms with Crippen molar-refractivity contribution >= 4 is 34.1 Å². The van der Waals surface area contributed by atoms with Crippen LogP contribution in [-0.4, -0.2) is 9.91 Å². The molecule has 2 N–H and O–H groups in total. The summed E-state index contributed by atoms with van der Waals surface area (Å²) in [6.07, 6.45) is -1.92. The largest absolute Gasteiger partial charge is 0.397 e. The van der Waals surface area contributed by atoms with E-state index in [1.165, 1.54) is 0 Å². The van der Waals surface area contributed by atoms with Gasteiger partial charge in [-0.15, -0.1) is 0 Å². The number of alkyl halides is 2. The second-order valence-corrected chi connectivity index (χ2v) is 3.48. The normalized spacial score (nSPS) is 10.6. The first-order valence-electron chi connectivity index (χ1n) is 3.31. The molecule has 14 heavy (non-hydrogen) atoms. The zero-order valence-electron chi connectivity index (χ0n) is 6.58. The van der Waals surface area contributed by atoms with E-state index < -0.39 is 22.7 Å². The van der Waals surface area contributed by atoms with E-state index in [4.69, 9.17) is 5.73 Å². The maximum Gasteiger partial charge on any atom is 0.374 e. The molecule has 1 heterocycles. The van der Waals surface area contributed by atoms with Crippen molar-refractivity contribution in [2.75, 3.05) is 5.73 Å². The van der Waals surface area contributed by atoms with E-state index in [1.54, 1.807) is 22.6 Å². The number of pyridine rings is 1. The number of halogens is 3. The Bertz CT molecular complexity index is 386. The highest BCUT2D eigenvalue weighted by Crippen LogP contribution is 2.34. The molecule has 0 bridgehead atoms. The third-order valence-electron chi connectivity index (χ3n) is 1.48. The van der Waals surface area contributed by atoms with Gasteiger partial charge in [0.1, 0.15) is 5.56 Å². The zero-order chi connectivity index (χ0) is 10.9. The summed E-state index contributed by atoms with van der Waals surface area (Å²) in [5.74, 6) is -0.891. The molecule has 0 unspecified atom stereocenters. The monoisotopic (exact) mass is 315 g/mol. The Morgan fingerprint density at radius 3 is 2.64 bits per heavy atom. The summed E-state index contributed by atoms with van der Waals surface area (Å²) in [7, 11) is 0. The molecule has 0 aliphatic heterocycles. The zero-order valence-corrected chi connectivity index (χ0v) is 8.73. The minimum absolute atomic E-state index is 0.267. The Balaban J connectivity index is 3.45. The van der Waals surface area contributed by atoms with Gasteiger partial charge < -0.3 is 15.8 Å². The Hall–Kier alpha value is -1.06. The number of nitrogens with two attached hydrogens (primary N) is 1. The SMILES string of the molecule is Nc1c(I)cnc([N+](=O)[O-])c1C(F)F. The summed E-state index contributed by atoms with van der Waals surface area (Å²) in [6.45, 7) is 0. The number of nitro groups is 1. The topological polar surface area (TPSA) is 82.0 Å². The molecule has 0 saturated carbocycles. The first-order chi connectivity index (χ1) is 6.45. The van der Waals surface area contributed by atoms with Crippen LogP contribution >= 0.6 is 22.6 Å². The molecule has 0 fully saturated rings. The molecular formula is C6H4F2IN3O2. The van der Waals surface area contributed by atoms with Crippen LogP contribution in [0.4, 0.5) is 20.3 Å². The Kier molecular flexibility index (Phi) is 3.13. The third kappa shape index (κ3) is 1.89. The second-order valence-electron chi connectivity index (χ2n) is 2.31. The lowest BCUT2D eigenvalue weighted by molar-refractivity contribution is -0.391. The molecule has 5 nitrogen and oxygen atoms in total. The minimum atomic E-state index is -3.00. The van der Waals surface area contributed by atoms with Crippen LogP contribution in [0, 0.1) is 13.7 Å². The average molecular weight is 315 g/mol. The summed E-state index contributed by atoms with van der Waals surface area (Å²) in [4.78, 5) is 12.7. The first kappa shape index (κ1) is 11.0. The Labute approximate surface area is 90.6 Å². The van der Waals surface area contributed by atoms with Gasteiger partial charge in [0.05, 0.1) is 9.26 Å². The summed E-state index contributed by atoms with van der Waals surface area (Å²) < 4.78 is 25.1. The maximum absolute atomic E-state index is 12.4. The van der Waals surface area contributed by atoms with Gasteiger partial charge in [-0.05, 0) is 32.5 Å². The van der Waals surface area contributed by atoms with E-state index in [0.717, 1.165) is 6.20 Å². The fourth-order valence-corrected chi connectivity index (χ4v) is 1.30. The van der Waals surface area contributed by atoms with Crippen LogP contribution < -0.4 is 5.73 Å². The van der Waals surface area contributed by atoms with Crippen LogP contribution in [0.1, 0.15) is 12.0 Å². The van der Waals surface area contributed by atoms with Crippen LogP contribution in [-0.2, 0) is 0 Å². The van der Waals surface area contributed by atoms with E-state index in [0.29, 0.717) is 0 Å². The van der Waals surface area contributed by atoms with E-state index in [9.17, 15) is 18.9 Å². The lowest BCUT2D eigenvalue weighted by Gasteiger charge is -2.05. The minimum Gasteiger partial charge on any atom is -0.397 e. The van der Waals surface area contributed by atoms with Gasteiger partial charge in [-0.25, -0.2) is 8.78 Å². The number of aromatic nitrogens is 1. The molecular weight excluding hydrogens is 311 g/mol. The average Bonchev–Trinajstić information content (AvgIpc) is 2.08. The van der Waals surface area contributed by atoms with Gasteiger partial charge in [-0.3, -0.25) is 0 Å². The standard InChI is InChI=1S/C6H4F2IN3O2/c7-5(8)3-4(10)2(9)1-11-6(3)12(13)14/h1,5H,(H2,10,11). The molecule has 0 aliphatic carbocycles. The number of hydrogen-bond donors (Lipinski definition) is 1.